The number of carboxylic acids is 1. The van der Waals surface area contributed by atoms with Gasteiger partial charge in [0, 0.05) is 0 Å². The molecule has 0 aliphatic carbocycles. The monoisotopic (exact) mass is 333 g/mol. The smallest absolute Gasteiger partial charge is 0.325 e. The highest BCUT2D eigenvalue weighted by atomic mass is 32.2. The van der Waals surface area contributed by atoms with Crippen molar-refractivity contribution in [2.24, 2.45) is 11.7 Å². The van der Waals surface area contributed by atoms with Gasteiger partial charge in [0.15, 0.2) is 0 Å². The number of thioether (sulfide) groups is 1. The highest BCUT2D eigenvalue weighted by Crippen LogP contribution is 2.07. The highest BCUT2D eigenvalue weighted by molar-refractivity contribution is 7.98. The molecule has 0 unspecified atom stereocenters. The van der Waals surface area contributed by atoms with Crippen LogP contribution in [0.15, 0.2) is 0 Å². The molecule has 8 heteroatoms. The molecule has 0 aromatic rings. The van der Waals surface area contributed by atoms with Crippen LogP contribution < -0.4 is 16.4 Å². The Bertz CT molecular complexity index is 390. The fraction of sp³-hybridized carbons (Fsp3) is 0.786. The summed E-state index contributed by atoms with van der Waals surface area (Å²) in [5.74, 6) is -1.10. The first kappa shape index (κ1) is 20.7. The van der Waals surface area contributed by atoms with E-state index in [0.29, 0.717) is 12.8 Å². The summed E-state index contributed by atoms with van der Waals surface area (Å²) in [7, 11) is 0. The summed E-state index contributed by atoms with van der Waals surface area (Å²) in [6, 6.07) is -2.47. The van der Waals surface area contributed by atoms with E-state index in [4.69, 9.17) is 10.8 Å². The fourth-order valence-electron chi connectivity index (χ4n) is 1.73. The number of carbonyl (C=O) groups excluding carboxylic acids is 2. The molecule has 7 nitrogen and oxygen atoms in total. The van der Waals surface area contributed by atoms with E-state index in [9.17, 15) is 14.4 Å². The summed E-state index contributed by atoms with van der Waals surface area (Å²) in [6.45, 7) is 5.21. The summed E-state index contributed by atoms with van der Waals surface area (Å²) in [5.41, 5.74) is 5.78. The maximum Gasteiger partial charge on any atom is 0.325 e. The molecule has 0 spiro atoms. The summed E-state index contributed by atoms with van der Waals surface area (Å²) in [5, 5.41) is 13.8. The molecule has 2 amide bonds. The summed E-state index contributed by atoms with van der Waals surface area (Å²) in [6.07, 6.45) is 2.86. The number of carbonyl (C=O) groups is 3. The first-order chi connectivity index (χ1) is 10.2. The second-order valence-corrected chi connectivity index (χ2v) is 6.63. The standard InChI is InChI=1S/C14H27N3O4S/c1-8(2)7-11(13(19)16-9(3)14(20)21)17-12(18)10(15)5-6-22-4/h8-11H,5-7,15H2,1-4H3,(H,16,19)(H,17,18)(H,20,21)/t9-,10-,11-/m0/s1. The SMILES string of the molecule is CSCC[C@H](N)C(=O)N[C@@H](CC(C)C)C(=O)N[C@@H](C)C(=O)O. The first-order valence-electron chi connectivity index (χ1n) is 7.27. The molecule has 0 aromatic heterocycles. The minimum Gasteiger partial charge on any atom is -0.480 e. The van der Waals surface area contributed by atoms with Crippen molar-refractivity contribution in [1.29, 1.82) is 0 Å². The maximum absolute atomic E-state index is 12.1. The van der Waals surface area contributed by atoms with E-state index in [1.54, 1.807) is 11.8 Å². The Hall–Kier alpha value is -1.28. The zero-order chi connectivity index (χ0) is 17.3. The van der Waals surface area contributed by atoms with Gasteiger partial charge in [0.1, 0.15) is 12.1 Å². The van der Waals surface area contributed by atoms with E-state index in [2.05, 4.69) is 10.6 Å². The molecule has 3 atom stereocenters. The lowest BCUT2D eigenvalue weighted by atomic mass is 10.0. The Morgan fingerprint density at radius 3 is 2.18 bits per heavy atom. The van der Waals surface area contributed by atoms with Crippen molar-refractivity contribution < 1.29 is 19.5 Å². The Morgan fingerprint density at radius 1 is 1.14 bits per heavy atom. The van der Waals surface area contributed by atoms with Gasteiger partial charge >= 0.3 is 5.97 Å². The lowest BCUT2D eigenvalue weighted by Crippen LogP contribution is -2.54. The molecule has 0 saturated carbocycles. The van der Waals surface area contributed by atoms with Crippen LogP contribution in [0.25, 0.3) is 0 Å². The van der Waals surface area contributed by atoms with Crippen molar-refractivity contribution in [3.8, 4) is 0 Å². The molecule has 0 saturated heterocycles. The van der Waals surface area contributed by atoms with E-state index in [1.165, 1.54) is 6.92 Å². The van der Waals surface area contributed by atoms with E-state index < -0.39 is 35.9 Å². The van der Waals surface area contributed by atoms with Crippen LogP contribution >= 0.6 is 11.8 Å². The summed E-state index contributed by atoms with van der Waals surface area (Å²) >= 11 is 1.59. The van der Waals surface area contributed by atoms with Crippen LogP contribution in [0.4, 0.5) is 0 Å². The molecule has 0 heterocycles. The largest absolute Gasteiger partial charge is 0.480 e. The number of amides is 2. The molecule has 0 aromatic carbocycles. The first-order valence-corrected chi connectivity index (χ1v) is 8.66. The highest BCUT2D eigenvalue weighted by Gasteiger charge is 2.26. The maximum atomic E-state index is 12.1. The second kappa shape index (κ2) is 10.4. The molecule has 22 heavy (non-hydrogen) atoms. The van der Waals surface area contributed by atoms with E-state index >= 15 is 0 Å². The third kappa shape index (κ3) is 8.23. The predicted molar refractivity (Wildman–Crippen MR) is 87.6 cm³/mol. The van der Waals surface area contributed by atoms with Gasteiger partial charge in [-0.15, -0.1) is 0 Å². The Kier molecular flexibility index (Phi) is 9.84. The Labute approximate surface area is 135 Å². The number of rotatable bonds is 10. The van der Waals surface area contributed by atoms with E-state index in [0.717, 1.165) is 5.75 Å². The van der Waals surface area contributed by atoms with Crippen LogP contribution in [0, 0.1) is 5.92 Å². The summed E-state index contributed by atoms with van der Waals surface area (Å²) < 4.78 is 0. The van der Waals surface area contributed by atoms with Crippen LogP contribution in [-0.2, 0) is 14.4 Å². The Morgan fingerprint density at radius 2 is 1.73 bits per heavy atom. The molecule has 0 radical (unpaired) electrons. The molecule has 0 aliphatic rings. The number of aliphatic carboxylic acids is 1. The number of hydrogen-bond donors (Lipinski definition) is 4. The number of hydrogen-bond acceptors (Lipinski definition) is 5. The molecule has 128 valence electrons. The molecule has 0 rings (SSSR count). The van der Waals surface area contributed by atoms with Gasteiger partial charge in [-0.05, 0) is 37.7 Å². The van der Waals surface area contributed by atoms with E-state index in [1.807, 2.05) is 20.1 Å². The minimum atomic E-state index is -1.13. The normalized spacial score (nSPS) is 15.0. The van der Waals surface area contributed by atoms with Crippen LogP contribution in [-0.4, -0.2) is 53.0 Å². The third-order valence-electron chi connectivity index (χ3n) is 3.04. The van der Waals surface area contributed by atoms with Crippen LogP contribution in [0.2, 0.25) is 0 Å². The van der Waals surface area contributed by atoms with Crippen molar-refractivity contribution in [2.75, 3.05) is 12.0 Å². The zero-order valence-electron chi connectivity index (χ0n) is 13.6. The van der Waals surface area contributed by atoms with Gasteiger partial charge in [0.05, 0.1) is 6.04 Å². The summed E-state index contributed by atoms with van der Waals surface area (Å²) in [4.78, 5) is 35.0. The van der Waals surface area contributed by atoms with Crippen molar-refractivity contribution in [1.82, 2.24) is 10.6 Å². The topological polar surface area (TPSA) is 122 Å². The fourth-order valence-corrected chi connectivity index (χ4v) is 2.22. The second-order valence-electron chi connectivity index (χ2n) is 5.65. The van der Waals surface area contributed by atoms with Gasteiger partial charge in [-0.2, -0.15) is 11.8 Å². The van der Waals surface area contributed by atoms with E-state index in [-0.39, 0.29) is 5.92 Å². The van der Waals surface area contributed by atoms with Gasteiger partial charge in [-0.25, -0.2) is 0 Å². The van der Waals surface area contributed by atoms with Gasteiger partial charge in [0.25, 0.3) is 0 Å². The molecule has 0 bridgehead atoms. The van der Waals surface area contributed by atoms with Crippen molar-refractivity contribution in [2.45, 2.75) is 51.7 Å². The van der Waals surface area contributed by atoms with Crippen LogP contribution in [0.1, 0.15) is 33.6 Å². The van der Waals surface area contributed by atoms with Crippen molar-refractivity contribution >= 4 is 29.5 Å². The Balaban J connectivity index is 4.72. The average molecular weight is 333 g/mol. The quantitative estimate of drug-likeness (QED) is 0.453. The van der Waals surface area contributed by atoms with Gasteiger partial charge in [-0.3, -0.25) is 14.4 Å². The lowest BCUT2D eigenvalue weighted by Gasteiger charge is -2.23. The number of carboxylic acid groups (broad SMARTS) is 1. The molecular formula is C14H27N3O4S. The van der Waals surface area contributed by atoms with Gasteiger partial charge in [0.2, 0.25) is 11.8 Å². The van der Waals surface area contributed by atoms with Crippen molar-refractivity contribution in [3.63, 3.8) is 0 Å². The predicted octanol–water partition coefficient (Wildman–Crippen LogP) is 0.187. The average Bonchev–Trinajstić information content (AvgIpc) is 2.42. The number of nitrogens with one attached hydrogen (secondary N) is 2. The number of nitrogens with two attached hydrogens (primary N) is 1. The van der Waals surface area contributed by atoms with Crippen LogP contribution in [0.5, 0.6) is 0 Å². The molecule has 0 aliphatic heterocycles. The van der Waals surface area contributed by atoms with Gasteiger partial charge in [-0.1, -0.05) is 13.8 Å². The zero-order valence-corrected chi connectivity index (χ0v) is 14.4. The lowest BCUT2D eigenvalue weighted by molar-refractivity contribution is -0.141. The minimum absolute atomic E-state index is 0.165. The van der Waals surface area contributed by atoms with Gasteiger partial charge < -0.3 is 21.5 Å². The van der Waals surface area contributed by atoms with Crippen molar-refractivity contribution in [3.05, 3.63) is 0 Å². The third-order valence-corrected chi connectivity index (χ3v) is 3.68. The molecule has 5 N–H and O–H groups in total. The molecule has 0 fully saturated rings. The van der Waals surface area contributed by atoms with Crippen LogP contribution in [0.3, 0.4) is 0 Å². The molecular weight excluding hydrogens is 306 g/mol.